The molecule has 1 aliphatic carbocycles. The number of aryl methyl sites for hydroxylation is 1. The highest BCUT2D eigenvalue weighted by Gasteiger charge is 2.47. The number of amides is 2. The molecule has 1 N–H and O–H groups in total. The molecule has 1 fully saturated rings. The summed E-state index contributed by atoms with van der Waals surface area (Å²) >= 11 is 0. The van der Waals surface area contributed by atoms with Crippen LogP contribution in [-0.4, -0.2) is 48.9 Å². The van der Waals surface area contributed by atoms with Gasteiger partial charge in [-0.1, -0.05) is 6.08 Å². The Balaban J connectivity index is 1.56. The number of carbonyl (C=O) groups excluding carboxylic acids is 2. The number of hydrogen-bond acceptors (Lipinski definition) is 3. The summed E-state index contributed by atoms with van der Waals surface area (Å²) < 4.78 is 46.5. The Morgan fingerprint density at radius 1 is 1.33 bits per heavy atom. The van der Waals surface area contributed by atoms with Gasteiger partial charge in [0.1, 0.15) is 17.7 Å². The first kappa shape index (κ1) is 20.3. The molecule has 158 valence electrons. The van der Waals surface area contributed by atoms with Gasteiger partial charge in [0.2, 0.25) is 6.41 Å². The quantitative estimate of drug-likeness (QED) is 0.748. The van der Waals surface area contributed by atoms with Gasteiger partial charge in [-0.3, -0.25) is 9.59 Å². The average Bonchev–Trinajstić information content (AvgIpc) is 3.00. The van der Waals surface area contributed by atoms with Crippen LogP contribution in [0.1, 0.15) is 23.1 Å². The number of ether oxygens (including phenoxy) is 1. The number of nitrogens with zero attached hydrogens (tertiary/aromatic N) is 1. The van der Waals surface area contributed by atoms with Crippen molar-refractivity contribution in [2.45, 2.75) is 31.8 Å². The lowest BCUT2D eigenvalue weighted by Gasteiger charge is -2.38. The van der Waals surface area contributed by atoms with E-state index in [-0.39, 0.29) is 18.1 Å². The van der Waals surface area contributed by atoms with Crippen molar-refractivity contribution in [2.24, 2.45) is 0 Å². The molecule has 4 rings (SSSR count). The second-order valence-electron chi connectivity index (χ2n) is 7.80. The minimum Gasteiger partial charge on any atom is -0.488 e. The number of halogens is 3. The molecule has 0 saturated carbocycles. The molecule has 0 spiro atoms. The number of nitrogens with one attached hydrogen (secondary N) is 1. The van der Waals surface area contributed by atoms with Gasteiger partial charge >= 0.3 is 0 Å². The van der Waals surface area contributed by atoms with E-state index >= 15 is 0 Å². The second-order valence-corrected chi connectivity index (χ2v) is 7.80. The highest BCUT2D eigenvalue weighted by atomic mass is 19.3. The Kier molecular flexibility index (Phi) is 5.17. The maximum atomic E-state index is 14.5. The lowest BCUT2D eigenvalue weighted by molar-refractivity contribution is -0.161. The first-order chi connectivity index (χ1) is 14.3. The highest BCUT2D eigenvalue weighted by molar-refractivity contribution is 5.98. The first-order valence-corrected chi connectivity index (χ1v) is 9.69. The summed E-state index contributed by atoms with van der Waals surface area (Å²) in [6, 6.07) is 3.90. The molecule has 1 unspecified atom stereocenters. The first-order valence-electron chi connectivity index (χ1n) is 9.69. The molecular weight excluding hydrogens is 397 g/mol. The molecule has 1 aromatic carbocycles. The molecule has 2 heterocycles. The van der Waals surface area contributed by atoms with Crippen molar-refractivity contribution in [1.82, 2.24) is 10.2 Å². The summed E-state index contributed by atoms with van der Waals surface area (Å²) in [5.41, 5.74) is 3.40. The van der Waals surface area contributed by atoms with Crippen molar-refractivity contribution in [1.29, 1.82) is 0 Å². The standard InChI is InChI=1S/C22H21F3N2O3/c1-13-6-15(7-16-8-17(9-26-12-28)30-20(13)16)14-2-4-18(19(23)5-3-14)21(29)27-10-22(24,25)11-27/h2,4-7,12,17H,3,8-11H2,1H3,(H,26,28). The van der Waals surface area contributed by atoms with Crippen LogP contribution >= 0.6 is 0 Å². The summed E-state index contributed by atoms with van der Waals surface area (Å²) in [5, 5.41) is 2.62. The van der Waals surface area contributed by atoms with Gasteiger partial charge in [-0.05, 0) is 59.9 Å². The van der Waals surface area contributed by atoms with Crippen molar-refractivity contribution in [2.75, 3.05) is 19.6 Å². The number of allylic oxidation sites excluding steroid dienone is 4. The van der Waals surface area contributed by atoms with Crippen LogP contribution in [0.4, 0.5) is 13.2 Å². The Bertz CT molecular complexity index is 990. The van der Waals surface area contributed by atoms with Crippen molar-refractivity contribution in [3.05, 3.63) is 58.5 Å². The minimum absolute atomic E-state index is 0.140. The SMILES string of the molecule is Cc1cc(C2=CC=C(C(=O)N3CC(F)(F)C3)C(F)=CC2)cc2c1OC(CNC=O)C2. The Labute approximate surface area is 171 Å². The number of carbonyl (C=O) groups is 2. The fourth-order valence-corrected chi connectivity index (χ4v) is 3.95. The lowest BCUT2D eigenvalue weighted by atomic mass is 9.96. The summed E-state index contributed by atoms with van der Waals surface area (Å²) in [7, 11) is 0. The maximum Gasteiger partial charge on any atom is 0.282 e. The zero-order chi connectivity index (χ0) is 21.5. The van der Waals surface area contributed by atoms with Gasteiger partial charge in [0.05, 0.1) is 25.2 Å². The maximum absolute atomic E-state index is 14.5. The number of fused-ring (bicyclic) bond motifs is 1. The summed E-state index contributed by atoms with van der Waals surface area (Å²) in [4.78, 5) is 23.8. The Hall–Kier alpha value is -3.03. The summed E-state index contributed by atoms with van der Waals surface area (Å²) in [6.45, 7) is 0.960. The molecule has 1 aromatic rings. The molecular formula is C22H21F3N2O3. The summed E-state index contributed by atoms with van der Waals surface area (Å²) in [5.74, 6) is -3.54. The highest BCUT2D eigenvalue weighted by Crippen LogP contribution is 2.37. The van der Waals surface area contributed by atoms with E-state index in [0.29, 0.717) is 19.4 Å². The van der Waals surface area contributed by atoms with Gasteiger partial charge < -0.3 is 15.0 Å². The van der Waals surface area contributed by atoms with E-state index in [4.69, 9.17) is 4.74 Å². The largest absolute Gasteiger partial charge is 0.488 e. The molecule has 3 aliphatic rings. The van der Waals surface area contributed by atoms with Crippen LogP contribution in [0, 0.1) is 6.92 Å². The summed E-state index contributed by atoms with van der Waals surface area (Å²) in [6.07, 6.45) is 5.73. The Morgan fingerprint density at radius 3 is 2.80 bits per heavy atom. The monoisotopic (exact) mass is 418 g/mol. The predicted molar refractivity (Wildman–Crippen MR) is 105 cm³/mol. The average molecular weight is 418 g/mol. The molecule has 0 aromatic heterocycles. The van der Waals surface area contributed by atoms with Crippen LogP contribution in [0.5, 0.6) is 5.75 Å². The third-order valence-corrected chi connectivity index (χ3v) is 5.45. The molecule has 2 aliphatic heterocycles. The topological polar surface area (TPSA) is 58.6 Å². The molecule has 30 heavy (non-hydrogen) atoms. The van der Waals surface area contributed by atoms with Gasteiger partial charge in [-0.15, -0.1) is 0 Å². The van der Waals surface area contributed by atoms with Crippen molar-refractivity contribution >= 4 is 17.9 Å². The van der Waals surface area contributed by atoms with Gasteiger partial charge in [0, 0.05) is 6.42 Å². The minimum atomic E-state index is -2.90. The number of rotatable bonds is 5. The Morgan fingerprint density at radius 2 is 2.10 bits per heavy atom. The number of benzene rings is 1. The zero-order valence-electron chi connectivity index (χ0n) is 16.4. The van der Waals surface area contributed by atoms with E-state index < -0.39 is 30.7 Å². The zero-order valence-corrected chi connectivity index (χ0v) is 16.4. The van der Waals surface area contributed by atoms with Crippen LogP contribution < -0.4 is 10.1 Å². The van der Waals surface area contributed by atoms with E-state index in [1.165, 1.54) is 12.2 Å². The van der Waals surface area contributed by atoms with E-state index in [1.54, 1.807) is 6.08 Å². The molecule has 0 radical (unpaired) electrons. The van der Waals surface area contributed by atoms with Crippen LogP contribution in [0.15, 0.2) is 41.8 Å². The van der Waals surface area contributed by atoms with Crippen molar-refractivity contribution in [3.63, 3.8) is 0 Å². The van der Waals surface area contributed by atoms with Crippen LogP contribution in [0.25, 0.3) is 5.57 Å². The van der Waals surface area contributed by atoms with E-state index in [0.717, 1.165) is 32.9 Å². The molecule has 1 atom stereocenters. The third kappa shape index (κ3) is 3.86. The molecule has 2 amide bonds. The van der Waals surface area contributed by atoms with Gasteiger partial charge in [0.25, 0.3) is 11.8 Å². The van der Waals surface area contributed by atoms with Crippen LogP contribution in [0.2, 0.25) is 0 Å². The third-order valence-electron chi connectivity index (χ3n) is 5.45. The van der Waals surface area contributed by atoms with Crippen LogP contribution in [0.3, 0.4) is 0 Å². The van der Waals surface area contributed by atoms with Gasteiger partial charge in [0.15, 0.2) is 0 Å². The second kappa shape index (κ2) is 7.66. The van der Waals surface area contributed by atoms with Crippen molar-refractivity contribution < 1.29 is 27.5 Å². The number of alkyl halides is 2. The van der Waals surface area contributed by atoms with Crippen molar-refractivity contribution in [3.8, 4) is 5.75 Å². The number of likely N-dealkylation sites (tertiary alicyclic amines) is 1. The van der Waals surface area contributed by atoms with Crippen LogP contribution in [-0.2, 0) is 16.0 Å². The predicted octanol–water partition coefficient (Wildman–Crippen LogP) is 3.09. The molecule has 1 saturated heterocycles. The fraction of sp³-hybridized carbons (Fsp3) is 0.364. The normalized spacial score (nSPS) is 21.9. The van der Waals surface area contributed by atoms with Gasteiger partial charge in [-0.25, -0.2) is 13.2 Å². The van der Waals surface area contributed by atoms with E-state index in [2.05, 4.69) is 5.32 Å². The molecule has 0 bridgehead atoms. The smallest absolute Gasteiger partial charge is 0.282 e. The van der Waals surface area contributed by atoms with E-state index in [1.807, 2.05) is 19.1 Å². The van der Waals surface area contributed by atoms with Gasteiger partial charge in [-0.2, -0.15) is 0 Å². The van der Waals surface area contributed by atoms with E-state index in [9.17, 15) is 22.8 Å². The number of hydrogen-bond donors (Lipinski definition) is 1. The fourth-order valence-electron chi connectivity index (χ4n) is 3.95. The lowest BCUT2D eigenvalue weighted by Crippen LogP contribution is -2.58. The molecule has 8 heteroatoms. The molecule has 5 nitrogen and oxygen atoms in total.